The van der Waals surface area contributed by atoms with Crippen LogP contribution in [0.25, 0.3) is 0 Å². The number of rotatable bonds is 9. The van der Waals surface area contributed by atoms with E-state index in [-0.39, 0.29) is 29.7 Å². The fourth-order valence-electron chi connectivity index (χ4n) is 1.49. The molecule has 8 nitrogen and oxygen atoms in total. The number of nitrogens with two attached hydrogens (primary N) is 2. The second-order valence-corrected chi connectivity index (χ2v) is 6.81. The summed E-state index contributed by atoms with van der Waals surface area (Å²) in [5.74, 6) is -0.537. The van der Waals surface area contributed by atoms with Crippen LogP contribution in [0.3, 0.4) is 0 Å². The zero-order valence-electron chi connectivity index (χ0n) is 11.1. The SMILES string of the molecule is CCCS(=O)(=O)c1c(N)nsc1NCCOCC(N)=O. The molecule has 0 aliphatic carbocycles. The van der Waals surface area contributed by atoms with E-state index in [9.17, 15) is 13.2 Å². The number of nitrogens with zero attached hydrogens (tertiary/aromatic N) is 1. The van der Waals surface area contributed by atoms with E-state index in [0.29, 0.717) is 18.0 Å². The maximum Gasteiger partial charge on any atom is 0.243 e. The van der Waals surface area contributed by atoms with Crippen molar-refractivity contribution in [2.24, 2.45) is 5.73 Å². The lowest BCUT2D eigenvalue weighted by molar-refractivity contribution is -0.122. The van der Waals surface area contributed by atoms with Crippen molar-refractivity contribution in [3.63, 3.8) is 0 Å². The molecule has 114 valence electrons. The summed E-state index contributed by atoms with van der Waals surface area (Å²) in [5, 5.41) is 3.28. The van der Waals surface area contributed by atoms with E-state index in [1.807, 2.05) is 0 Å². The number of nitrogens with one attached hydrogen (secondary N) is 1. The minimum Gasteiger partial charge on any atom is -0.382 e. The number of hydrogen-bond donors (Lipinski definition) is 3. The molecule has 10 heteroatoms. The zero-order valence-corrected chi connectivity index (χ0v) is 12.7. The molecule has 1 aromatic heterocycles. The maximum atomic E-state index is 12.1. The van der Waals surface area contributed by atoms with E-state index in [0.717, 1.165) is 11.5 Å². The lowest BCUT2D eigenvalue weighted by atomic mass is 10.5. The molecule has 1 aromatic rings. The lowest BCUT2D eigenvalue weighted by Crippen LogP contribution is -2.20. The molecule has 5 N–H and O–H groups in total. The standard InChI is InChI=1S/C10H18N4O4S2/c1-2-5-20(16,17)8-9(12)14-19-10(8)13-3-4-18-6-7(11)15/h13H,2-6H2,1H3,(H2,11,15)(H2,12,14). The van der Waals surface area contributed by atoms with Gasteiger partial charge in [0.1, 0.15) is 16.5 Å². The Bertz CT molecular complexity index is 556. The molecular formula is C10H18N4O4S2. The number of amides is 1. The van der Waals surface area contributed by atoms with Crippen molar-refractivity contribution in [1.29, 1.82) is 0 Å². The van der Waals surface area contributed by atoms with Gasteiger partial charge in [-0.2, -0.15) is 4.37 Å². The van der Waals surface area contributed by atoms with Gasteiger partial charge < -0.3 is 21.5 Å². The average molecular weight is 322 g/mol. The van der Waals surface area contributed by atoms with Crippen molar-refractivity contribution >= 4 is 38.1 Å². The van der Waals surface area contributed by atoms with Crippen molar-refractivity contribution in [1.82, 2.24) is 4.37 Å². The van der Waals surface area contributed by atoms with Gasteiger partial charge in [0.25, 0.3) is 0 Å². The Balaban J connectivity index is 2.66. The largest absolute Gasteiger partial charge is 0.382 e. The van der Waals surface area contributed by atoms with Gasteiger partial charge in [0.05, 0.1) is 12.4 Å². The van der Waals surface area contributed by atoms with Crippen LogP contribution >= 0.6 is 11.5 Å². The van der Waals surface area contributed by atoms with Crippen LogP contribution in [0, 0.1) is 0 Å². The predicted octanol–water partition coefficient (Wildman–Crippen LogP) is -0.177. The third-order valence-corrected chi connectivity index (χ3v) is 5.16. The topological polar surface area (TPSA) is 137 Å². The van der Waals surface area contributed by atoms with Gasteiger partial charge >= 0.3 is 0 Å². The third kappa shape index (κ3) is 4.62. The van der Waals surface area contributed by atoms with Gasteiger partial charge in [0.15, 0.2) is 15.7 Å². The number of aromatic nitrogens is 1. The molecule has 1 rings (SSSR count). The summed E-state index contributed by atoms with van der Waals surface area (Å²) >= 11 is 0.981. The van der Waals surface area contributed by atoms with Crippen LogP contribution in [0.15, 0.2) is 4.90 Å². The maximum absolute atomic E-state index is 12.1. The van der Waals surface area contributed by atoms with Crippen molar-refractivity contribution in [3.8, 4) is 0 Å². The first-order valence-corrected chi connectivity index (χ1v) is 8.39. The summed E-state index contributed by atoms with van der Waals surface area (Å²) in [7, 11) is -3.44. The highest BCUT2D eigenvalue weighted by molar-refractivity contribution is 7.91. The number of nitrogen functional groups attached to an aromatic ring is 1. The van der Waals surface area contributed by atoms with E-state index in [1.54, 1.807) is 6.92 Å². The number of sulfone groups is 1. The Morgan fingerprint density at radius 2 is 2.20 bits per heavy atom. The highest BCUT2D eigenvalue weighted by atomic mass is 32.2. The monoisotopic (exact) mass is 322 g/mol. The van der Waals surface area contributed by atoms with E-state index in [4.69, 9.17) is 16.2 Å². The van der Waals surface area contributed by atoms with Gasteiger partial charge in [-0.1, -0.05) is 6.92 Å². The highest BCUT2D eigenvalue weighted by Gasteiger charge is 2.24. The van der Waals surface area contributed by atoms with E-state index >= 15 is 0 Å². The molecule has 0 radical (unpaired) electrons. The van der Waals surface area contributed by atoms with Crippen molar-refractivity contribution in [2.75, 3.05) is 36.6 Å². The Kier molecular flexibility index (Phi) is 6.17. The van der Waals surface area contributed by atoms with Crippen LogP contribution in [0.2, 0.25) is 0 Å². The molecule has 0 atom stereocenters. The van der Waals surface area contributed by atoms with Crippen LogP contribution in [0.5, 0.6) is 0 Å². The van der Waals surface area contributed by atoms with Gasteiger partial charge in [-0.15, -0.1) is 0 Å². The first-order valence-electron chi connectivity index (χ1n) is 5.96. The summed E-state index contributed by atoms with van der Waals surface area (Å²) in [6.45, 7) is 2.14. The Labute approximate surface area is 121 Å². The lowest BCUT2D eigenvalue weighted by Gasteiger charge is -2.07. The molecule has 20 heavy (non-hydrogen) atoms. The van der Waals surface area contributed by atoms with E-state index in [1.165, 1.54) is 0 Å². The third-order valence-electron chi connectivity index (χ3n) is 2.23. The molecule has 0 unspecified atom stereocenters. The second kappa shape index (κ2) is 7.41. The molecule has 0 spiro atoms. The molecule has 0 saturated carbocycles. The smallest absolute Gasteiger partial charge is 0.243 e. The molecule has 0 fully saturated rings. The van der Waals surface area contributed by atoms with Crippen molar-refractivity contribution < 1.29 is 17.9 Å². The van der Waals surface area contributed by atoms with Gasteiger partial charge in [-0.3, -0.25) is 4.79 Å². The minimum atomic E-state index is -3.44. The van der Waals surface area contributed by atoms with Crippen LogP contribution in [-0.2, 0) is 19.4 Å². The summed E-state index contributed by atoms with van der Waals surface area (Å²) in [6, 6.07) is 0. The Hall–Kier alpha value is -1.39. The fourth-order valence-corrected chi connectivity index (χ4v) is 4.13. The van der Waals surface area contributed by atoms with Crippen LogP contribution in [-0.4, -0.2) is 44.2 Å². The zero-order chi connectivity index (χ0) is 15.2. The number of hydrogen-bond acceptors (Lipinski definition) is 8. The fraction of sp³-hybridized carbons (Fsp3) is 0.600. The number of ether oxygens (including phenoxy) is 1. The summed E-state index contributed by atoms with van der Waals surface area (Å²) in [5.41, 5.74) is 10.5. The molecule has 0 aliphatic rings. The first kappa shape index (κ1) is 16.7. The first-order chi connectivity index (χ1) is 9.38. The van der Waals surface area contributed by atoms with Crippen LogP contribution < -0.4 is 16.8 Å². The minimum absolute atomic E-state index is 0.00371. The number of anilines is 2. The Morgan fingerprint density at radius 1 is 1.50 bits per heavy atom. The molecule has 0 saturated heterocycles. The van der Waals surface area contributed by atoms with Gasteiger partial charge in [-0.05, 0) is 18.0 Å². The number of carbonyl (C=O) groups excluding carboxylic acids is 1. The summed E-state index contributed by atoms with van der Waals surface area (Å²) in [6.07, 6.45) is 0.499. The van der Waals surface area contributed by atoms with Crippen molar-refractivity contribution in [3.05, 3.63) is 0 Å². The molecule has 0 aliphatic heterocycles. The average Bonchev–Trinajstić information content (AvgIpc) is 2.70. The molecular weight excluding hydrogens is 304 g/mol. The molecule has 1 amide bonds. The molecule has 0 aromatic carbocycles. The molecule has 1 heterocycles. The highest BCUT2D eigenvalue weighted by Crippen LogP contribution is 2.32. The predicted molar refractivity (Wildman–Crippen MR) is 77.4 cm³/mol. The number of carbonyl (C=O) groups is 1. The van der Waals surface area contributed by atoms with Gasteiger partial charge in [0, 0.05) is 6.54 Å². The summed E-state index contributed by atoms with van der Waals surface area (Å²) in [4.78, 5) is 10.5. The van der Waals surface area contributed by atoms with E-state index in [2.05, 4.69) is 9.69 Å². The van der Waals surface area contributed by atoms with Gasteiger partial charge in [-0.25, -0.2) is 8.42 Å². The quantitative estimate of drug-likeness (QED) is 0.536. The number of primary amides is 1. The van der Waals surface area contributed by atoms with Crippen LogP contribution in [0.1, 0.15) is 13.3 Å². The van der Waals surface area contributed by atoms with Gasteiger partial charge in [0.2, 0.25) is 5.91 Å². The molecule has 0 bridgehead atoms. The van der Waals surface area contributed by atoms with Crippen LogP contribution in [0.4, 0.5) is 10.8 Å². The normalized spacial score (nSPS) is 11.4. The Morgan fingerprint density at radius 3 is 2.80 bits per heavy atom. The summed E-state index contributed by atoms with van der Waals surface area (Å²) < 4.78 is 33.0. The second-order valence-electron chi connectivity index (χ2n) is 3.99. The van der Waals surface area contributed by atoms with Crippen molar-refractivity contribution in [2.45, 2.75) is 18.2 Å². The van der Waals surface area contributed by atoms with E-state index < -0.39 is 15.7 Å².